The molecule has 39 heavy (non-hydrogen) atoms. The summed E-state index contributed by atoms with van der Waals surface area (Å²) in [6, 6.07) is 14.2. The number of carbonyl (C=O) groups excluding carboxylic acids is 4. The van der Waals surface area contributed by atoms with Gasteiger partial charge in [0.1, 0.15) is 25.3 Å². The van der Waals surface area contributed by atoms with E-state index in [-0.39, 0.29) is 36.4 Å². The number of rotatable bonds is 10. The molecule has 1 heterocycles. The van der Waals surface area contributed by atoms with Crippen LogP contribution in [0.4, 0.5) is 10.5 Å². The Morgan fingerprint density at radius 1 is 1.05 bits per heavy atom. The average Bonchev–Trinajstić information content (AvgIpc) is 3.53. The lowest BCUT2D eigenvalue weighted by Crippen LogP contribution is -2.54. The fourth-order valence-electron chi connectivity index (χ4n) is 5.32. The summed E-state index contributed by atoms with van der Waals surface area (Å²) in [5.41, 5.74) is 1.63. The highest BCUT2D eigenvalue weighted by Gasteiger charge is 2.39. The lowest BCUT2D eigenvalue weighted by atomic mass is 9.81. The van der Waals surface area contributed by atoms with Gasteiger partial charge in [0.15, 0.2) is 5.78 Å². The highest BCUT2D eigenvalue weighted by Crippen LogP contribution is 2.41. The number of Topliss-reactive ketones (excluding diaryl/α,β-unsaturated/α-hetero) is 1. The number of benzene rings is 2. The molecule has 3 atom stereocenters. The zero-order valence-corrected chi connectivity index (χ0v) is 22.5. The van der Waals surface area contributed by atoms with Crippen molar-refractivity contribution in [2.45, 2.75) is 77.2 Å². The van der Waals surface area contributed by atoms with Crippen molar-refractivity contribution in [2.75, 3.05) is 11.9 Å². The summed E-state index contributed by atoms with van der Waals surface area (Å²) < 4.78 is 10.7. The van der Waals surface area contributed by atoms with E-state index in [4.69, 9.17) is 9.47 Å². The minimum atomic E-state index is -0.794. The summed E-state index contributed by atoms with van der Waals surface area (Å²) in [4.78, 5) is 51.0. The summed E-state index contributed by atoms with van der Waals surface area (Å²) in [7, 11) is 0. The quantitative estimate of drug-likeness (QED) is 0.415. The Kier molecular flexibility index (Phi) is 9.35. The van der Waals surface area contributed by atoms with Crippen LogP contribution in [0.25, 0.3) is 0 Å². The Balaban J connectivity index is 1.37. The van der Waals surface area contributed by atoms with Crippen LogP contribution in [0.2, 0.25) is 0 Å². The molecule has 1 unspecified atom stereocenters. The number of ketones is 1. The topological polar surface area (TPSA) is 123 Å². The molecular weight excluding hydrogens is 498 g/mol. The fraction of sp³-hybridized carbons (Fsp3) is 0.467. The standard InChI is InChI=1S/C30H37N3O6/c1-3-25-26(24(34)19-38-25)33-28(36)23(17-30(2)15-7-8-16-30)32-27(35)21-11-13-22(14-12-21)31-29(37)39-18-20-9-5-4-6-10-20/h4-6,9-14,23,25-26H,3,7-8,15-19H2,1-2H3,(H,31,37)(H,32,35)(H,33,36)/t23?,25-,26+/m0/s1. The molecule has 2 fully saturated rings. The molecule has 2 aromatic rings. The first kappa shape index (κ1) is 28.3. The molecule has 208 valence electrons. The van der Waals surface area contributed by atoms with Crippen molar-refractivity contribution in [2.24, 2.45) is 5.41 Å². The second kappa shape index (κ2) is 12.9. The molecule has 1 saturated carbocycles. The highest BCUT2D eigenvalue weighted by molar-refractivity contribution is 5.99. The van der Waals surface area contributed by atoms with E-state index >= 15 is 0 Å². The number of hydrogen-bond acceptors (Lipinski definition) is 6. The number of ether oxygens (including phenoxy) is 2. The monoisotopic (exact) mass is 535 g/mol. The van der Waals surface area contributed by atoms with E-state index in [1.807, 2.05) is 37.3 Å². The number of hydrogen-bond donors (Lipinski definition) is 3. The Hall–Kier alpha value is -3.72. The SMILES string of the molecule is CC[C@@H]1OCC(=O)[C@H]1NC(=O)C(CC1(C)CCCC1)NC(=O)c1ccc(NC(=O)OCc2ccccc2)cc1. The molecule has 1 aliphatic carbocycles. The summed E-state index contributed by atoms with van der Waals surface area (Å²) >= 11 is 0. The molecule has 1 saturated heterocycles. The van der Waals surface area contributed by atoms with Gasteiger partial charge in [0.25, 0.3) is 5.91 Å². The maximum Gasteiger partial charge on any atom is 0.411 e. The molecule has 9 heteroatoms. The molecular formula is C30H37N3O6. The minimum Gasteiger partial charge on any atom is -0.444 e. The zero-order chi connectivity index (χ0) is 27.8. The first-order valence-corrected chi connectivity index (χ1v) is 13.6. The Morgan fingerprint density at radius 2 is 1.74 bits per heavy atom. The number of amides is 3. The van der Waals surface area contributed by atoms with Crippen LogP contribution >= 0.6 is 0 Å². The largest absolute Gasteiger partial charge is 0.444 e. The minimum absolute atomic E-state index is 0.0155. The van der Waals surface area contributed by atoms with Crippen LogP contribution in [0, 0.1) is 5.41 Å². The maximum absolute atomic E-state index is 13.3. The summed E-state index contributed by atoms with van der Waals surface area (Å²) in [6.07, 6.45) is 4.27. The van der Waals surface area contributed by atoms with Gasteiger partial charge in [-0.3, -0.25) is 19.7 Å². The van der Waals surface area contributed by atoms with Crippen molar-refractivity contribution >= 4 is 29.4 Å². The van der Waals surface area contributed by atoms with Gasteiger partial charge in [0, 0.05) is 11.3 Å². The third-order valence-electron chi connectivity index (χ3n) is 7.59. The van der Waals surface area contributed by atoms with Crippen LogP contribution in [0.1, 0.15) is 68.3 Å². The van der Waals surface area contributed by atoms with Crippen LogP contribution in [0.15, 0.2) is 54.6 Å². The lowest BCUT2D eigenvalue weighted by Gasteiger charge is -2.30. The van der Waals surface area contributed by atoms with Crippen LogP contribution in [0.5, 0.6) is 0 Å². The molecule has 0 radical (unpaired) electrons. The van der Waals surface area contributed by atoms with E-state index in [2.05, 4.69) is 22.9 Å². The van der Waals surface area contributed by atoms with Crippen LogP contribution < -0.4 is 16.0 Å². The second-order valence-corrected chi connectivity index (χ2v) is 10.7. The van der Waals surface area contributed by atoms with E-state index in [0.717, 1.165) is 31.2 Å². The van der Waals surface area contributed by atoms with Gasteiger partial charge in [-0.05, 0) is 60.9 Å². The first-order chi connectivity index (χ1) is 18.8. The van der Waals surface area contributed by atoms with Crippen LogP contribution in [0.3, 0.4) is 0 Å². The first-order valence-electron chi connectivity index (χ1n) is 13.6. The maximum atomic E-state index is 13.3. The van der Waals surface area contributed by atoms with E-state index in [1.54, 1.807) is 24.3 Å². The third-order valence-corrected chi connectivity index (χ3v) is 7.59. The van der Waals surface area contributed by atoms with Crippen molar-refractivity contribution in [3.05, 3.63) is 65.7 Å². The Bertz CT molecular complexity index is 1160. The van der Waals surface area contributed by atoms with Crippen molar-refractivity contribution in [3.63, 3.8) is 0 Å². The molecule has 0 bridgehead atoms. The van der Waals surface area contributed by atoms with Gasteiger partial charge >= 0.3 is 6.09 Å². The van der Waals surface area contributed by atoms with E-state index in [0.29, 0.717) is 24.1 Å². The van der Waals surface area contributed by atoms with Gasteiger partial charge in [-0.25, -0.2) is 4.79 Å². The van der Waals surface area contributed by atoms with Gasteiger partial charge in [-0.1, -0.05) is 57.0 Å². The van der Waals surface area contributed by atoms with Crippen molar-refractivity contribution < 1.29 is 28.7 Å². The molecule has 4 rings (SSSR count). The number of carbonyl (C=O) groups is 4. The smallest absolute Gasteiger partial charge is 0.411 e. The van der Waals surface area contributed by atoms with Gasteiger partial charge in [-0.2, -0.15) is 0 Å². The molecule has 2 aromatic carbocycles. The highest BCUT2D eigenvalue weighted by atomic mass is 16.5. The summed E-state index contributed by atoms with van der Waals surface area (Å²) in [6.45, 7) is 4.18. The Morgan fingerprint density at radius 3 is 2.41 bits per heavy atom. The second-order valence-electron chi connectivity index (χ2n) is 10.7. The summed E-state index contributed by atoms with van der Waals surface area (Å²) in [5.74, 6) is -0.938. The summed E-state index contributed by atoms with van der Waals surface area (Å²) in [5, 5.41) is 8.38. The van der Waals surface area contributed by atoms with Gasteiger partial charge < -0.3 is 20.1 Å². The molecule has 0 aromatic heterocycles. The average molecular weight is 536 g/mol. The zero-order valence-electron chi connectivity index (χ0n) is 22.5. The Labute approximate surface area is 229 Å². The number of anilines is 1. The molecule has 0 spiro atoms. The molecule has 1 aliphatic heterocycles. The molecule has 3 amide bonds. The lowest BCUT2D eigenvalue weighted by molar-refractivity contribution is -0.128. The van der Waals surface area contributed by atoms with Crippen LogP contribution in [-0.4, -0.2) is 48.5 Å². The molecule has 9 nitrogen and oxygen atoms in total. The molecule has 3 N–H and O–H groups in total. The van der Waals surface area contributed by atoms with E-state index in [1.165, 1.54) is 0 Å². The third kappa shape index (κ3) is 7.66. The predicted molar refractivity (Wildman–Crippen MR) is 146 cm³/mol. The van der Waals surface area contributed by atoms with Gasteiger partial charge in [-0.15, -0.1) is 0 Å². The van der Waals surface area contributed by atoms with E-state index in [9.17, 15) is 19.2 Å². The predicted octanol–water partition coefficient (Wildman–Crippen LogP) is 4.37. The fourth-order valence-corrected chi connectivity index (χ4v) is 5.32. The van der Waals surface area contributed by atoms with Gasteiger partial charge in [0.05, 0.1) is 6.10 Å². The van der Waals surface area contributed by atoms with Crippen molar-refractivity contribution in [1.82, 2.24) is 10.6 Å². The van der Waals surface area contributed by atoms with Gasteiger partial charge in [0.2, 0.25) is 5.91 Å². The normalized spacial score (nSPS) is 20.7. The van der Waals surface area contributed by atoms with Crippen molar-refractivity contribution in [3.8, 4) is 0 Å². The van der Waals surface area contributed by atoms with Crippen molar-refractivity contribution in [1.29, 1.82) is 0 Å². The van der Waals surface area contributed by atoms with Crippen LogP contribution in [-0.2, 0) is 25.7 Å². The number of nitrogens with one attached hydrogen (secondary N) is 3. The van der Waals surface area contributed by atoms with E-state index < -0.39 is 24.1 Å². The molecule has 2 aliphatic rings.